The van der Waals surface area contributed by atoms with E-state index in [2.05, 4.69) is 4.98 Å². The third-order valence-corrected chi connectivity index (χ3v) is 2.61. The van der Waals surface area contributed by atoms with E-state index in [0.717, 1.165) is 0 Å². The van der Waals surface area contributed by atoms with E-state index in [0.29, 0.717) is 0 Å². The number of carbonyl (C=O) groups is 1. The molecule has 1 heterocycles. The second kappa shape index (κ2) is 5.66. The van der Waals surface area contributed by atoms with Crippen molar-refractivity contribution in [3.05, 3.63) is 22.7 Å². The number of nitrogens with zero attached hydrogens (tertiary/aromatic N) is 3. The van der Waals surface area contributed by atoms with Gasteiger partial charge >= 0.3 is 5.97 Å². The van der Waals surface area contributed by atoms with E-state index >= 15 is 0 Å². The van der Waals surface area contributed by atoms with Gasteiger partial charge in [-0.25, -0.2) is 4.98 Å². The highest BCUT2D eigenvalue weighted by Gasteiger charge is 2.19. The Bertz CT molecular complexity index is 480. The number of carboxylic acid groups (broad SMARTS) is 1. The van der Waals surface area contributed by atoms with Crippen molar-refractivity contribution >= 4 is 11.8 Å². The van der Waals surface area contributed by atoms with Crippen LogP contribution in [-0.2, 0) is 4.79 Å². The van der Waals surface area contributed by atoms with E-state index in [1.165, 1.54) is 11.1 Å². The number of anilines is 1. The zero-order chi connectivity index (χ0) is 13.9. The molecule has 0 aliphatic rings. The summed E-state index contributed by atoms with van der Waals surface area (Å²) in [5.74, 6) is -0.798. The lowest BCUT2D eigenvalue weighted by atomic mass is 10.3. The van der Waals surface area contributed by atoms with Crippen molar-refractivity contribution in [2.24, 2.45) is 0 Å². The molecule has 6 nitrogen and oxygen atoms in total. The van der Waals surface area contributed by atoms with E-state index < -0.39 is 5.97 Å². The lowest BCUT2D eigenvalue weighted by Gasteiger charge is -2.26. The molecule has 0 atom stereocenters. The van der Waals surface area contributed by atoms with Gasteiger partial charge in [-0.1, -0.05) is 0 Å². The Hall–Kier alpha value is -1.85. The molecule has 0 radical (unpaired) electrons. The smallest absolute Gasteiger partial charge is 0.323 e. The Morgan fingerprint density at radius 1 is 1.44 bits per heavy atom. The van der Waals surface area contributed by atoms with Gasteiger partial charge in [0.2, 0.25) is 0 Å². The number of aromatic nitrogens is 2. The van der Waals surface area contributed by atoms with Gasteiger partial charge in [-0.15, -0.1) is 0 Å². The van der Waals surface area contributed by atoms with Crippen LogP contribution in [0.4, 0.5) is 5.82 Å². The van der Waals surface area contributed by atoms with Gasteiger partial charge in [-0.2, -0.15) is 0 Å². The summed E-state index contributed by atoms with van der Waals surface area (Å²) in [6, 6.07) is -0.0950. The second-order valence-electron chi connectivity index (χ2n) is 4.67. The minimum absolute atomic E-state index is 0.0121. The highest BCUT2D eigenvalue weighted by molar-refractivity contribution is 5.73. The summed E-state index contributed by atoms with van der Waals surface area (Å²) >= 11 is 0. The van der Waals surface area contributed by atoms with Crippen LogP contribution in [-0.4, -0.2) is 33.2 Å². The first-order valence-electron chi connectivity index (χ1n) is 5.90. The summed E-state index contributed by atoms with van der Waals surface area (Å²) in [5, 5.41) is 8.89. The van der Waals surface area contributed by atoms with E-state index in [4.69, 9.17) is 5.11 Å². The monoisotopic (exact) mass is 253 g/mol. The van der Waals surface area contributed by atoms with Gasteiger partial charge < -0.3 is 14.6 Å². The lowest BCUT2D eigenvalue weighted by molar-refractivity contribution is -0.135. The molecule has 0 aliphatic carbocycles. The van der Waals surface area contributed by atoms with Gasteiger partial charge in [-0.05, 0) is 27.7 Å². The maximum atomic E-state index is 12.2. The number of hydrogen-bond acceptors (Lipinski definition) is 4. The summed E-state index contributed by atoms with van der Waals surface area (Å²) in [7, 11) is 0. The standard InChI is InChI=1S/C12H19N3O3/c1-8(2)14-6-5-13-11(12(14)18)15(9(3)4)7-10(16)17/h5-6,8-9H,7H2,1-4H3,(H,16,17). The first-order chi connectivity index (χ1) is 8.34. The van der Waals surface area contributed by atoms with Crippen molar-refractivity contribution < 1.29 is 9.90 Å². The normalized spacial score (nSPS) is 11.0. The number of rotatable bonds is 5. The molecule has 1 aromatic rings. The Kier molecular flexibility index (Phi) is 4.47. The van der Waals surface area contributed by atoms with Crippen LogP contribution < -0.4 is 10.5 Å². The van der Waals surface area contributed by atoms with Crippen molar-refractivity contribution in [3.8, 4) is 0 Å². The van der Waals surface area contributed by atoms with Crippen molar-refractivity contribution in [2.75, 3.05) is 11.4 Å². The van der Waals surface area contributed by atoms with Crippen LogP contribution in [0.15, 0.2) is 17.2 Å². The summed E-state index contributed by atoms with van der Waals surface area (Å²) in [6.45, 7) is 7.21. The van der Waals surface area contributed by atoms with Gasteiger partial charge in [0.05, 0.1) is 0 Å². The number of carboxylic acids is 1. The molecular formula is C12H19N3O3. The van der Waals surface area contributed by atoms with Gasteiger partial charge in [0, 0.05) is 24.5 Å². The van der Waals surface area contributed by atoms with E-state index in [9.17, 15) is 9.59 Å². The molecule has 0 spiro atoms. The van der Waals surface area contributed by atoms with Crippen LogP contribution in [0.2, 0.25) is 0 Å². The predicted molar refractivity (Wildman–Crippen MR) is 69.0 cm³/mol. The SMILES string of the molecule is CC(C)N(CC(=O)O)c1nccn(C(C)C)c1=O. The number of hydrogen-bond donors (Lipinski definition) is 1. The molecule has 0 fully saturated rings. The van der Waals surface area contributed by atoms with E-state index in [1.54, 1.807) is 10.8 Å². The molecule has 100 valence electrons. The van der Waals surface area contributed by atoms with Crippen molar-refractivity contribution in [1.82, 2.24) is 9.55 Å². The lowest BCUT2D eigenvalue weighted by Crippen LogP contribution is -2.41. The molecule has 0 saturated carbocycles. The minimum atomic E-state index is -0.982. The molecule has 1 aromatic heterocycles. The quantitative estimate of drug-likeness (QED) is 0.851. The molecule has 1 rings (SSSR count). The fourth-order valence-electron chi connectivity index (χ4n) is 1.67. The van der Waals surface area contributed by atoms with Gasteiger partial charge in [0.25, 0.3) is 5.56 Å². The highest BCUT2D eigenvalue weighted by atomic mass is 16.4. The minimum Gasteiger partial charge on any atom is -0.480 e. The van der Waals surface area contributed by atoms with Crippen molar-refractivity contribution in [2.45, 2.75) is 39.8 Å². The second-order valence-corrected chi connectivity index (χ2v) is 4.67. The molecule has 1 N–H and O–H groups in total. The maximum absolute atomic E-state index is 12.2. The molecule has 0 aliphatic heterocycles. The Balaban J connectivity index is 3.25. The third-order valence-electron chi connectivity index (χ3n) is 2.61. The fraction of sp³-hybridized carbons (Fsp3) is 0.583. The average molecular weight is 253 g/mol. The third kappa shape index (κ3) is 3.09. The van der Waals surface area contributed by atoms with Gasteiger partial charge in [0.15, 0.2) is 5.82 Å². The van der Waals surface area contributed by atoms with Crippen molar-refractivity contribution in [1.29, 1.82) is 0 Å². The molecule has 18 heavy (non-hydrogen) atoms. The largest absolute Gasteiger partial charge is 0.480 e. The van der Waals surface area contributed by atoms with Crippen LogP contribution in [0.25, 0.3) is 0 Å². The Morgan fingerprint density at radius 2 is 2.06 bits per heavy atom. The highest BCUT2D eigenvalue weighted by Crippen LogP contribution is 2.09. The molecule has 0 unspecified atom stereocenters. The van der Waals surface area contributed by atoms with E-state index in [-0.39, 0.29) is 30.0 Å². The summed E-state index contributed by atoms with van der Waals surface area (Å²) < 4.78 is 1.54. The van der Waals surface area contributed by atoms with Gasteiger partial charge in [0.1, 0.15) is 6.54 Å². The molecular weight excluding hydrogens is 234 g/mol. The topological polar surface area (TPSA) is 75.4 Å². The fourth-order valence-corrected chi connectivity index (χ4v) is 1.67. The van der Waals surface area contributed by atoms with Crippen LogP contribution >= 0.6 is 0 Å². The molecule has 6 heteroatoms. The summed E-state index contributed by atoms with van der Waals surface area (Å²) in [6.07, 6.45) is 3.13. The zero-order valence-corrected chi connectivity index (χ0v) is 11.1. The average Bonchev–Trinajstić information content (AvgIpc) is 2.25. The van der Waals surface area contributed by atoms with E-state index in [1.807, 2.05) is 27.7 Å². The van der Waals surface area contributed by atoms with Crippen LogP contribution in [0.3, 0.4) is 0 Å². The van der Waals surface area contributed by atoms with Gasteiger partial charge in [-0.3, -0.25) is 9.59 Å². The van der Waals surface area contributed by atoms with Crippen LogP contribution in [0, 0.1) is 0 Å². The van der Waals surface area contributed by atoms with Crippen LogP contribution in [0.1, 0.15) is 33.7 Å². The number of aliphatic carboxylic acids is 1. The molecule has 0 saturated heterocycles. The molecule has 0 bridgehead atoms. The first kappa shape index (κ1) is 14.2. The Labute approximate surface area is 106 Å². The zero-order valence-electron chi connectivity index (χ0n) is 11.1. The summed E-state index contributed by atoms with van der Waals surface area (Å²) in [5.41, 5.74) is -0.262. The van der Waals surface area contributed by atoms with Crippen LogP contribution in [0.5, 0.6) is 0 Å². The first-order valence-corrected chi connectivity index (χ1v) is 5.90. The molecule has 0 amide bonds. The Morgan fingerprint density at radius 3 is 2.50 bits per heavy atom. The maximum Gasteiger partial charge on any atom is 0.323 e. The van der Waals surface area contributed by atoms with Crippen molar-refractivity contribution in [3.63, 3.8) is 0 Å². The predicted octanol–water partition coefficient (Wildman–Crippen LogP) is 1.12. The summed E-state index contributed by atoms with van der Waals surface area (Å²) in [4.78, 5) is 28.6. The molecule has 0 aromatic carbocycles.